The summed E-state index contributed by atoms with van der Waals surface area (Å²) in [5.41, 5.74) is 1.31. The third-order valence-corrected chi connectivity index (χ3v) is 5.50. The van der Waals surface area contributed by atoms with Gasteiger partial charge in [0.2, 0.25) is 0 Å². The van der Waals surface area contributed by atoms with Crippen molar-refractivity contribution in [3.05, 3.63) is 23.8 Å². The highest BCUT2D eigenvalue weighted by atomic mass is 16.7. The maximum absolute atomic E-state index is 12.2. The van der Waals surface area contributed by atoms with Crippen LogP contribution in [0.5, 0.6) is 23.0 Å². The highest BCUT2D eigenvalue weighted by Gasteiger charge is 2.24. The second-order valence-electron chi connectivity index (χ2n) is 8.27. The van der Waals surface area contributed by atoms with Crippen molar-refractivity contribution in [2.24, 2.45) is 11.1 Å². The van der Waals surface area contributed by atoms with Crippen LogP contribution < -0.4 is 18.9 Å². The Hall–Kier alpha value is -2.96. The molecule has 0 fully saturated rings. The number of oxime groups is 1. The number of methoxy groups -OCH3 is 4. The van der Waals surface area contributed by atoms with E-state index in [0.717, 1.165) is 31.1 Å². The first kappa shape index (κ1) is 26.3. The summed E-state index contributed by atoms with van der Waals surface area (Å²) >= 11 is 0. The summed E-state index contributed by atoms with van der Waals surface area (Å²) in [4.78, 5) is 17.6. The molecule has 0 unspecified atom stereocenters. The Kier molecular flexibility index (Phi) is 10.3. The predicted molar refractivity (Wildman–Crippen MR) is 131 cm³/mol. The molecule has 0 heterocycles. The fraction of sp³-hybridized carbons (Fsp3) is 0.538. The maximum Gasteiger partial charge on any atom is 0.335 e. The number of hydrogen-bond acceptors (Lipinski definition) is 7. The molecule has 0 spiro atoms. The molecule has 2 rings (SSSR count). The quantitative estimate of drug-likeness (QED) is 0.155. The fourth-order valence-electron chi connectivity index (χ4n) is 3.69. The van der Waals surface area contributed by atoms with Gasteiger partial charge in [-0.05, 0) is 43.4 Å². The molecule has 7 heteroatoms. The lowest BCUT2D eigenvalue weighted by molar-refractivity contribution is -0.143. The Labute approximate surface area is 197 Å². The summed E-state index contributed by atoms with van der Waals surface area (Å²) < 4.78 is 22.8. The van der Waals surface area contributed by atoms with Gasteiger partial charge in [-0.2, -0.15) is 0 Å². The zero-order valence-corrected chi connectivity index (χ0v) is 20.9. The fourth-order valence-corrected chi connectivity index (χ4v) is 3.69. The summed E-state index contributed by atoms with van der Waals surface area (Å²) in [6.45, 7) is 6.37. The van der Waals surface area contributed by atoms with Gasteiger partial charge in [0.25, 0.3) is 0 Å². The molecule has 2 aromatic carbocycles. The molecule has 0 aromatic heterocycles. The first-order valence-electron chi connectivity index (χ1n) is 11.5. The zero-order chi connectivity index (χ0) is 24.4. The minimum Gasteiger partial charge on any atom is -0.496 e. The van der Waals surface area contributed by atoms with Crippen molar-refractivity contribution >= 4 is 22.5 Å². The van der Waals surface area contributed by atoms with Gasteiger partial charge in [-0.25, -0.2) is 4.79 Å². The van der Waals surface area contributed by atoms with E-state index in [1.165, 1.54) is 0 Å². The van der Waals surface area contributed by atoms with Crippen molar-refractivity contribution in [2.45, 2.75) is 59.3 Å². The van der Waals surface area contributed by atoms with Gasteiger partial charge < -0.3 is 23.8 Å². The van der Waals surface area contributed by atoms with Gasteiger partial charge in [0.15, 0.2) is 0 Å². The Morgan fingerprint density at radius 1 is 0.879 bits per heavy atom. The summed E-state index contributed by atoms with van der Waals surface area (Å²) in [6, 6.07) is 5.51. The van der Waals surface area contributed by atoms with Crippen LogP contribution in [0, 0.1) is 5.92 Å². The Morgan fingerprint density at radius 3 is 2.06 bits per heavy atom. The van der Waals surface area contributed by atoms with E-state index < -0.39 is 0 Å². The van der Waals surface area contributed by atoms with E-state index in [-0.39, 0.29) is 5.97 Å². The molecule has 0 aliphatic carbocycles. The first-order chi connectivity index (χ1) is 15.9. The molecule has 0 saturated carbocycles. The number of hydrogen-bond donors (Lipinski definition) is 0. The SMILES string of the molecule is CCCCCC(=O)ON=C(CCC(C)C)c1cc(OC)c2c(OC)ccc(OC)c2c1OC. The standard InChI is InChI=1S/C26H37NO6/c1-8-9-10-11-23(28)33-27-19(13-12-17(2)3)18-16-22(31-6)24-20(29-4)14-15-21(30-5)25(24)26(18)32-7/h14-17H,8-13H2,1-7H3. The molecule has 0 atom stereocenters. The number of rotatable bonds is 13. The van der Waals surface area contributed by atoms with E-state index in [2.05, 4.69) is 25.9 Å². The van der Waals surface area contributed by atoms with E-state index in [9.17, 15) is 4.79 Å². The van der Waals surface area contributed by atoms with Gasteiger partial charge in [-0.3, -0.25) is 0 Å². The molecule has 33 heavy (non-hydrogen) atoms. The third kappa shape index (κ3) is 6.53. The molecule has 2 aromatic rings. The summed E-state index contributed by atoms with van der Waals surface area (Å²) in [7, 11) is 6.41. The highest BCUT2D eigenvalue weighted by molar-refractivity contribution is 6.12. The van der Waals surface area contributed by atoms with Gasteiger partial charge >= 0.3 is 5.97 Å². The Morgan fingerprint density at radius 2 is 1.52 bits per heavy atom. The average molecular weight is 460 g/mol. The molecule has 0 radical (unpaired) electrons. The van der Waals surface area contributed by atoms with Crippen LogP contribution in [-0.2, 0) is 9.63 Å². The number of carbonyl (C=O) groups excluding carboxylic acids is 1. The second-order valence-corrected chi connectivity index (χ2v) is 8.27. The van der Waals surface area contributed by atoms with Crippen LogP contribution in [0.2, 0.25) is 0 Å². The Balaban J connectivity index is 2.67. The van der Waals surface area contributed by atoms with E-state index in [1.807, 2.05) is 18.2 Å². The molecule has 0 aliphatic heterocycles. The van der Waals surface area contributed by atoms with Crippen LogP contribution in [0.4, 0.5) is 0 Å². The molecule has 182 valence electrons. The van der Waals surface area contributed by atoms with E-state index in [4.69, 9.17) is 23.8 Å². The van der Waals surface area contributed by atoms with Crippen molar-refractivity contribution < 1.29 is 28.6 Å². The minimum absolute atomic E-state index is 0.337. The number of fused-ring (bicyclic) bond motifs is 1. The monoisotopic (exact) mass is 459 g/mol. The van der Waals surface area contributed by atoms with Crippen molar-refractivity contribution in [3.63, 3.8) is 0 Å². The molecule has 0 aliphatic rings. The predicted octanol–water partition coefficient (Wildman–Crippen LogP) is 6.14. The van der Waals surface area contributed by atoms with Crippen LogP contribution in [0.25, 0.3) is 10.8 Å². The molecule has 0 saturated heterocycles. The number of ether oxygens (including phenoxy) is 4. The van der Waals surface area contributed by atoms with Crippen molar-refractivity contribution in [2.75, 3.05) is 28.4 Å². The molecule has 0 amide bonds. The largest absolute Gasteiger partial charge is 0.496 e. The van der Waals surface area contributed by atoms with Crippen molar-refractivity contribution in [1.82, 2.24) is 0 Å². The summed E-state index contributed by atoms with van der Waals surface area (Å²) in [5.74, 6) is 2.50. The van der Waals surface area contributed by atoms with E-state index in [1.54, 1.807) is 28.4 Å². The molecular formula is C26H37NO6. The minimum atomic E-state index is -0.337. The zero-order valence-electron chi connectivity index (χ0n) is 20.9. The van der Waals surface area contributed by atoms with Crippen LogP contribution in [0.3, 0.4) is 0 Å². The molecule has 0 bridgehead atoms. The van der Waals surface area contributed by atoms with Crippen LogP contribution in [-0.4, -0.2) is 40.1 Å². The molecule has 0 N–H and O–H groups in total. The smallest absolute Gasteiger partial charge is 0.335 e. The van der Waals surface area contributed by atoms with Gasteiger partial charge in [0, 0.05) is 12.0 Å². The number of benzene rings is 2. The van der Waals surface area contributed by atoms with Crippen LogP contribution >= 0.6 is 0 Å². The van der Waals surface area contributed by atoms with Gasteiger partial charge in [0.1, 0.15) is 23.0 Å². The van der Waals surface area contributed by atoms with Gasteiger partial charge in [-0.1, -0.05) is 38.8 Å². The molecule has 7 nitrogen and oxygen atoms in total. The van der Waals surface area contributed by atoms with Crippen LogP contribution in [0.1, 0.15) is 64.9 Å². The van der Waals surface area contributed by atoms with Crippen molar-refractivity contribution in [3.8, 4) is 23.0 Å². The van der Waals surface area contributed by atoms with Crippen molar-refractivity contribution in [1.29, 1.82) is 0 Å². The normalized spacial score (nSPS) is 11.6. The highest BCUT2D eigenvalue weighted by Crippen LogP contribution is 2.46. The Bertz CT molecular complexity index is 967. The lowest BCUT2D eigenvalue weighted by Gasteiger charge is -2.20. The van der Waals surface area contributed by atoms with Crippen LogP contribution in [0.15, 0.2) is 23.4 Å². The lowest BCUT2D eigenvalue weighted by Crippen LogP contribution is -2.10. The topological polar surface area (TPSA) is 75.6 Å². The second kappa shape index (κ2) is 12.9. The maximum atomic E-state index is 12.2. The first-order valence-corrected chi connectivity index (χ1v) is 11.5. The van der Waals surface area contributed by atoms with E-state index in [0.29, 0.717) is 58.4 Å². The number of carbonyl (C=O) groups is 1. The average Bonchev–Trinajstić information content (AvgIpc) is 2.82. The third-order valence-electron chi connectivity index (χ3n) is 5.50. The summed E-state index contributed by atoms with van der Waals surface area (Å²) in [6.07, 6.45) is 4.63. The molecular weight excluding hydrogens is 422 g/mol. The number of unbranched alkanes of at least 4 members (excludes halogenated alkanes) is 2. The summed E-state index contributed by atoms with van der Waals surface area (Å²) in [5, 5.41) is 5.74. The van der Waals surface area contributed by atoms with Gasteiger partial charge in [0.05, 0.1) is 44.9 Å². The van der Waals surface area contributed by atoms with E-state index >= 15 is 0 Å². The van der Waals surface area contributed by atoms with Gasteiger partial charge in [-0.15, -0.1) is 0 Å². The lowest BCUT2D eigenvalue weighted by atomic mass is 9.95. The number of nitrogens with zero attached hydrogens (tertiary/aromatic N) is 1.